The normalized spacial score (nSPS) is 34.1. The topological polar surface area (TPSA) is 17.1 Å². The molecular weight excluding hydrogens is 193 g/mol. The molecule has 1 saturated carbocycles. The monoisotopic (exact) mass is 208 g/mol. The van der Waals surface area contributed by atoms with Gasteiger partial charge in [-0.1, -0.05) is 6.92 Å². The number of aldehydes is 1. The minimum Gasteiger partial charge on any atom is -0.303 e. The minimum atomic E-state index is -4.22. The largest absolute Gasteiger partial charge is 0.390 e. The molecule has 0 N–H and O–H groups in total. The number of hydrogen-bond acceptors (Lipinski definition) is 1. The maximum Gasteiger partial charge on any atom is 0.390 e. The molecule has 1 fully saturated rings. The smallest absolute Gasteiger partial charge is 0.303 e. The summed E-state index contributed by atoms with van der Waals surface area (Å²) < 4.78 is 36.6. The van der Waals surface area contributed by atoms with Crippen molar-refractivity contribution in [3.63, 3.8) is 0 Å². The summed E-state index contributed by atoms with van der Waals surface area (Å²) in [4.78, 5) is 10.8. The molecule has 0 aliphatic heterocycles. The molecule has 1 aliphatic rings. The van der Waals surface area contributed by atoms with Crippen LogP contribution in [0.2, 0.25) is 0 Å². The van der Waals surface area contributed by atoms with Crippen LogP contribution in [-0.4, -0.2) is 12.5 Å². The van der Waals surface area contributed by atoms with Gasteiger partial charge in [0, 0.05) is 5.41 Å². The number of carbonyl (C=O) groups excluding carboxylic acids is 1. The van der Waals surface area contributed by atoms with Crippen molar-refractivity contribution in [3.8, 4) is 0 Å². The first-order valence-electron chi connectivity index (χ1n) is 4.90. The third-order valence-corrected chi connectivity index (χ3v) is 3.07. The second-order valence-corrected chi connectivity index (χ2v) is 4.45. The van der Waals surface area contributed by atoms with Crippen LogP contribution in [0.15, 0.2) is 0 Å². The van der Waals surface area contributed by atoms with Gasteiger partial charge in [0.05, 0.1) is 6.42 Å². The van der Waals surface area contributed by atoms with Crippen LogP contribution in [0.3, 0.4) is 0 Å². The average Bonchev–Trinajstić information content (AvgIpc) is 2.07. The molecule has 82 valence electrons. The molecule has 0 saturated heterocycles. The first-order valence-corrected chi connectivity index (χ1v) is 4.90. The molecule has 0 unspecified atom stereocenters. The van der Waals surface area contributed by atoms with E-state index in [4.69, 9.17) is 0 Å². The van der Waals surface area contributed by atoms with Gasteiger partial charge in [-0.2, -0.15) is 13.2 Å². The van der Waals surface area contributed by atoms with Gasteiger partial charge in [-0.05, 0) is 31.6 Å². The molecule has 1 nitrogen and oxygen atoms in total. The van der Waals surface area contributed by atoms with Gasteiger partial charge in [0.15, 0.2) is 0 Å². The van der Waals surface area contributed by atoms with Gasteiger partial charge in [-0.3, -0.25) is 0 Å². The number of carbonyl (C=O) groups is 1. The van der Waals surface area contributed by atoms with E-state index in [9.17, 15) is 18.0 Å². The van der Waals surface area contributed by atoms with Crippen LogP contribution in [-0.2, 0) is 4.79 Å². The molecule has 4 heteroatoms. The Morgan fingerprint density at radius 1 is 1.36 bits per heavy atom. The Kier molecular flexibility index (Phi) is 3.22. The van der Waals surface area contributed by atoms with Gasteiger partial charge in [0.1, 0.15) is 6.29 Å². The highest BCUT2D eigenvalue weighted by Crippen LogP contribution is 2.44. The fourth-order valence-electron chi connectivity index (χ4n) is 2.07. The minimum absolute atomic E-state index is 0.386. The molecule has 0 bridgehead atoms. The molecule has 0 spiro atoms. The van der Waals surface area contributed by atoms with E-state index in [2.05, 4.69) is 0 Å². The van der Waals surface area contributed by atoms with E-state index in [1.54, 1.807) is 0 Å². The third kappa shape index (κ3) is 3.00. The zero-order valence-corrected chi connectivity index (χ0v) is 8.23. The predicted molar refractivity (Wildman–Crippen MR) is 46.8 cm³/mol. The lowest BCUT2D eigenvalue weighted by Gasteiger charge is -2.35. The zero-order chi connectivity index (χ0) is 10.8. The Labute approximate surface area is 81.7 Å². The Hall–Kier alpha value is -0.540. The van der Waals surface area contributed by atoms with Gasteiger partial charge < -0.3 is 4.79 Å². The van der Waals surface area contributed by atoms with E-state index in [1.165, 1.54) is 0 Å². The third-order valence-electron chi connectivity index (χ3n) is 3.07. The summed E-state index contributed by atoms with van der Waals surface area (Å²) >= 11 is 0. The predicted octanol–water partition coefficient (Wildman–Crippen LogP) is 3.33. The molecule has 0 aromatic carbocycles. The number of rotatable bonds is 2. The summed E-state index contributed by atoms with van der Waals surface area (Å²) in [5, 5.41) is 0. The quantitative estimate of drug-likeness (QED) is 0.636. The summed E-state index contributed by atoms with van der Waals surface area (Å²) in [5.41, 5.74) is -1.12. The van der Waals surface area contributed by atoms with Crippen molar-refractivity contribution in [2.24, 2.45) is 11.3 Å². The van der Waals surface area contributed by atoms with Crippen LogP contribution in [0, 0.1) is 11.3 Å². The molecule has 0 radical (unpaired) electrons. The van der Waals surface area contributed by atoms with Crippen molar-refractivity contribution < 1.29 is 18.0 Å². The number of halogens is 3. The zero-order valence-electron chi connectivity index (χ0n) is 8.23. The summed E-state index contributed by atoms with van der Waals surface area (Å²) in [6.45, 7) is 2.02. The fourth-order valence-corrected chi connectivity index (χ4v) is 2.07. The van der Waals surface area contributed by atoms with Crippen LogP contribution in [0.25, 0.3) is 0 Å². The Morgan fingerprint density at radius 3 is 2.21 bits per heavy atom. The Balaban J connectivity index is 2.63. The Morgan fingerprint density at radius 2 is 1.86 bits per heavy atom. The van der Waals surface area contributed by atoms with E-state index in [1.807, 2.05) is 6.92 Å². The average molecular weight is 208 g/mol. The van der Waals surface area contributed by atoms with E-state index < -0.39 is 18.0 Å². The van der Waals surface area contributed by atoms with Crippen LogP contribution in [0.5, 0.6) is 0 Å². The number of alkyl halides is 3. The maximum atomic E-state index is 12.2. The van der Waals surface area contributed by atoms with Gasteiger partial charge >= 0.3 is 6.18 Å². The standard InChI is InChI=1S/C10H15F3O/c1-8-2-4-9(7-14,5-3-8)6-10(11,12)13/h7-8H,2-6H2,1H3. The second kappa shape index (κ2) is 3.91. The highest BCUT2D eigenvalue weighted by Gasteiger charge is 2.43. The first-order chi connectivity index (χ1) is 6.37. The molecule has 1 rings (SSSR count). The highest BCUT2D eigenvalue weighted by molar-refractivity contribution is 5.59. The molecule has 0 heterocycles. The van der Waals surface area contributed by atoms with Crippen LogP contribution < -0.4 is 0 Å². The summed E-state index contributed by atoms with van der Waals surface area (Å²) in [7, 11) is 0. The van der Waals surface area contributed by atoms with Gasteiger partial charge in [-0.15, -0.1) is 0 Å². The first kappa shape index (κ1) is 11.5. The molecule has 1 aliphatic carbocycles. The lowest BCUT2D eigenvalue weighted by Crippen LogP contribution is -2.33. The Bertz CT molecular complexity index is 202. The molecule has 14 heavy (non-hydrogen) atoms. The van der Waals surface area contributed by atoms with Crippen molar-refractivity contribution in [1.29, 1.82) is 0 Å². The second-order valence-electron chi connectivity index (χ2n) is 4.45. The lowest BCUT2D eigenvalue weighted by atomic mass is 9.70. The van der Waals surface area contributed by atoms with Gasteiger partial charge in [0.25, 0.3) is 0 Å². The van der Waals surface area contributed by atoms with Crippen molar-refractivity contribution in [2.45, 2.75) is 45.2 Å². The van der Waals surface area contributed by atoms with Crippen LogP contribution in [0.4, 0.5) is 13.2 Å². The summed E-state index contributed by atoms with van der Waals surface area (Å²) in [6.07, 6.45) is -2.41. The number of hydrogen-bond donors (Lipinski definition) is 0. The maximum absolute atomic E-state index is 12.2. The SMILES string of the molecule is CC1CCC(C=O)(CC(F)(F)F)CC1. The van der Waals surface area contributed by atoms with E-state index in [0.29, 0.717) is 25.0 Å². The van der Waals surface area contributed by atoms with Crippen LogP contribution in [0.1, 0.15) is 39.0 Å². The molecule has 0 aromatic heterocycles. The van der Waals surface area contributed by atoms with E-state index in [-0.39, 0.29) is 0 Å². The van der Waals surface area contributed by atoms with Gasteiger partial charge in [-0.25, -0.2) is 0 Å². The van der Waals surface area contributed by atoms with Crippen molar-refractivity contribution in [2.75, 3.05) is 0 Å². The highest BCUT2D eigenvalue weighted by atomic mass is 19.4. The van der Waals surface area contributed by atoms with E-state index >= 15 is 0 Å². The summed E-state index contributed by atoms with van der Waals surface area (Å²) in [5.74, 6) is 0.455. The molecule has 0 aromatic rings. The fraction of sp³-hybridized carbons (Fsp3) is 0.900. The van der Waals surface area contributed by atoms with Crippen molar-refractivity contribution in [3.05, 3.63) is 0 Å². The van der Waals surface area contributed by atoms with Crippen LogP contribution >= 0.6 is 0 Å². The van der Waals surface area contributed by atoms with E-state index in [0.717, 1.165) is 12.8 Å². The van der Waals surface area contributed by atoms with Crippen molar-refractivity contribution >= 4 is 6.29 Å². The molecule has 0 amide bonds. The molecular formula is C10H15F3O. The summed E-state index contributed by atoms with van der Waals surface area (Å²) in [6, 6.07) is 0. The molecule has 0 atom stereocenters. The lowest BCUT2D eigenvalue weighted by molar-refractivity contribution is -0.166. The van der Waals surface area contributed by atoms with Crippen molar-refractivity contribution in [1.82, 2.24) is 0 Å². The van der Waals surface area contributed by atoms with Gasteiger partial charge in [0.2, 0.25) is 0 Å².